The maximum Gasteiger partial charge on any atom is 0.265 e. The summed E-state index contributed by atoms with van der Waals surface area (Å²) in [5, 5.41) is 2.65. The highest BCUT2D eigenvalue weighted by molar-refractivity contribution is 6.04. The van der Waals surface area contributed by atoms with Gasteiger partial charge >= 0.3 is 0 Å². The van der Waals surface area contributed by atoms with E-state index in [1.165, 1.54) is 42.3 Å². The minimum atomic E-state index is -0.403. The molecule has 0 aliphatic carbocycles. The summed E-state index contributed by atoms with van der Waals surface area (Å²) >= 11 is 0. The van der Waals surface area contributed by atoms with Gasteiger partial charge in [-0.15, -0.1) is 0 Å². The van der Waals surface area contributed by atoms with Crippen LogP contribution in [-0.2, 0) is 14.3 Å². The van der Waals surface area contributed by atoms with E-state index in [2.05, 4.69) is 5.32 Å². The molecule has 0 unspecified atom stereocenters. The maximum atomic E-state index is 13.0. The van der Waals surface area contributed by atoms with Crippen molar-refractivity contribution in [1.29, 1.82) is 0 Å². The van der Waals surface area contributed by atoms with E-state index in [1.807, 2.05) is 0 Å². The van der Waals surface area contributed by atoms with Crippen molar-refractivity contribution in [2.75, 3.05) is 44.9 Å². The third-order valence-corrected chi connectivity index (χ3v) is 4.34. The zero-order chi connectivity index (χ0) is 21.5. The number of nitrogens with one attached hydrogen (secondary N) is 1. The van der Waals surface area contributed by atoms with E-state index in [-0.39, 0.29) is 31.4 Å². The van der Waals surface area contributed by atoms with Gasteiger partial charge in [0.1, 0.15) is 23.9 Å². The lowest BCUT2D eigenvalue weighted by Gasteiger charge is -2.29. The van der Waals surface area contributed by atoms with Gasteiger partial charge in [-0.2, -0.15) is 0 Å². The van der Waals surface area contributed by atoms with E-state index < -0.39 is 11.7 Å². The monoisotopic (exact) mass is 416 g/mol. The molecule has 2 aromatic rings. The lowest BCUT2D eigenvalue weighted by Crippen LogP contribution is -2.45. The van der Waals surface area contributed by atoms with E-state index in [0.29, 0.717) is 35.9 Å². The van der Waals surface area contributed by atoms with Crippen LogP contribution in [0.4, 0.5) is 10.1 Å². The molecule has 1 aliphatic rings. The Hall–Kier alpha value is -3.46. The van der Waals surface area contributed by atoms with Crippen molar-refractivity contribution < 1.29 is 33.0 Å². The molecule has 9 heteroatoms. The molecule has 2 aromatic carbocycles. The standard InChI is InChI=1S/C21H21FN2O6/c1-28-9-8-23-20(26)11-24-17-10-14(2-7-19(17)30-13-21(24)27)18(25)12-29-16-5-3-15(22)4-6-16/h2-7,10H,8-9,11-13H2,1H3,(H,23,26). The lowest BCUT2D eigenvalue weighted by atomic mass is 10.1. The van der Waals surface area contributed by atoms with Crippen molar-refractivity contribution in [3.05, 3.63) is 53.8 Å². The molecule has 0 saturated heterocycles. The summed E-state index contributed by atoms with van der Waals surface area (Å²) in [5.74, 6) is -0.740. The molecule has 0 atom stereocenters. The Bertz CT molecular complexity index is 932. The van der Waals surface area contributed by atoms with Gasteiger partial charge in [0.05, 0.1) is 12.3 Å². The first-order chi connectivity index (χ1) is 14.5. The first kappa shape index (κ1) is 21.3. The predicted octanol–water partition coefficient (Wildman–Crippen LogP) is 1.58. The number of ether oxygens (including phenoxy) is 3. The van der Waals surface area contributed by atoms with Crippen LogP contribution in [0, 0.1) is 5.82 Å². The number of halogens is 1. The van der Waals surface area contributed by atoms with E-state index in [0.717, 1.165) is 0 Å². The third kappa shape index (κ3) is 5.32. The first-order valence-corrected chi connectivity index (χ1v) is 9.22. The second kappa shape index (κ2) is 9.84. The largest absolute Gasteiger partial charge is 0.485 e. The Labute approximate surface area is 172 Å². The van der Waals surface area contributed by atoms with Crippen molar-refractivity contribution in [2.24, 2.45) is 0 Å². The quantitative estimate of drug-likeness (QED) is 0.493. The molecule has 0 fully saturated rings. The molecule has 0 bridgehead atoms. The fourth-order valence-electron chi connectivity index (χ4n) is 2.80. The molecule has 30 heavy (non-hydrogen) atoms. The second-order valence-corrected chi connectivity index (χ2v) is 6.46. The molecular weight excluding hydrogens is 395 g/mol. The molecule has 0 radical (unpaired) electrons. The smallest absolute Gasteiger partial charge is 0.265 e. The maximum absolute atomic E-state index is 13.0. The summed E-state index contributed by atoms with van der Waals surface area (Å²) in [5.41, 5.74) is 0.625. The molecular formula is C21H21FN2O6. The van der Waals surface area contributed by atoms with Gasteiger partial charge in [0.25, 0.3) is 5.91 Å². The third-order valence-electron chi connectivity index (χ3n) is 4.34. The molecule has 0 spiro atoms. The van der Waals surface area contributed by atoms with Crippen molar-refractivity contribution in [3.8, 4) is 11.5 Å². The first-order valence-electron chi connectivity index (χ1n) is 9.22. The van der Waals surface area contributed by atoms with Gasteiger partial charge in [0.2, 0.25) is 5.91 Å². The average molecular weight is 416 g/mol. The van der Waals surface area contributed by atoms with Crippen LogP contribution < -0.4 is 19.7 Å². The number of amides is 2. The van der Waals surface area contributed by atoms with Gasteiger partial charge in [-0.3, -0.25) is 19.3 Å². The number of benzene rings is 2. The Morgan fingerprint density at radius 2 is 1.97 bits per heavy atom. The average Bonchev–Trinajstić information content (AvgIpc) is 2.75. The lowest BCUT2D eigenvalue weighted by molar-refractivity contribution is -0.125. The van der Waals surface area contributed by atoms with Crippen LogP contribution >= 0.6 is 0 Å². The number of Topliss-reactive ketones (excluding diaryl/α,β-unsaturated/α-hetero) is 1. The number of carbonyl (C=O) groups is 3. The van der Waals surface area contributed by atoms with E-state index in [1.54, 1.807) is 12.1 Å². The summed E-state index contributed by atoms with van der Waals surface area (Å²) in [6.07, 6.45) is 0. The summed E-state index contributed by atoms with van der Waals surface area (Å²) in [6, 6.07) is 9.93. The summed E-state index contributed by atoms with van der Waals surface area (Å²) in [7, 11) is 1.52. The molecule has 0 aromatic heterocycles. The van der Waals surface area contributed by atoms with Crippen LogP contribution in [0.3, 0.4) is 0 Å². The Kier molecular flexibility index (Phi) is 6.97. The Morgan fingerprint density at radius 1 is 1.20 bits per heavy atom. The van der Waals surface area contributed by atoms with E-state index in [4.69, 9.17) is 14.2 Å². The van der Waals surface area contributed by atoms with Crippen LogP contribution in [0.5, 0.6) is 11.5 Å². The Balaban J connectivity index is 1.70. The number of hydrogen-bond donors (Lipinski definition) is 1. The number of anilines is 1. The Morgan fingerprint density at radius 3 is 2.70 bits per heavy atom. The number of rotatable bonds is 9. The zero-order valence-electron chi connectivity index (χ0n) is 16.4. The van der Waals surface area contributed by atoms with Gasteiger partial charge in [-0.05, 0) is 42.5 Å². The van der Waals surface area contributed by atoms with Crippen LogP contribution in [0.25, 0.3) is 0 Å². The van der Waals surface area contributed by atoms with E-state index >= 15 is 0 Å². The molecule has 2 amide bonds. The highest BCUT2D eigenvalue weighted by Gasteiger charge is 2.28. The number of ketones is 1. The number of methoxy groups -OCH3 is 1. The van der Waals surface area contributed by atoms with Crippen molar-refractivity contribution in [1.82, 2.24) is 5.32 Å². The van der Waals surface area contributed by atoms with Gasteiger partial charge in [-0.25, -0.2) is 4.39 Å². The number of nitrogens with zero attached hydrogens (tertiary/aromatic N) is 1. The van der Waals surface area contributed by atoms with Crippen LogP contribution in [0.1, 0.15) is 10.4 Å². The summed E-state index contributed by atoms with van der Waals surface area (Å²) < 4.78 is 28.6. The normalized spacial score (nSPS) is 12.7. The molecule has 1 aliphatic heterocycles. The minimum absolute atomic E-state index is 0.195. The summed E-state index contributed by atoms with van der Waals surface area (Å²) in [4.78, 5) is 38.2. The topological polar surface area (TPSA) is 94.2 Å². The van der Waals surface area contributed by atoms with Crippen molar-refractivity contribution >= 4 is 23.3 Å². The van der Waals surface area contributed by atoms with Gasteiger partial charge in [0.15, 0.2) is 19.0 Å². The molecule has 0 saturated carbocycles. The SMILES string of the molecule is COCCNC(=O)CN1C(=O)COc2ccc(C(=O)COc3ccc(F)cc3)cc21. The second-order valence-electron chi connectivity index (χ2n) is 6.46. The molecule has 8 nitrogen and oxygen atoms in total. The minimum Gasteiger partial charge on any atom is -0.485 e. The fraction of sp³-hybridized carbons (Fsp3) is 0.286. The molecule has 1 N–H and O–H groups in total. The highest BCUT2D eigenvalue weighted by Crippen LogP contribution is 2.33. The van der Waals surface area contributed by atoms with Gasteiger partial charge in [-0.1, -0.05) is 0 Å². The molecule has 158 valence electrons. The number of fused-ring (bicyclic) bond motifs is 1. The van der Waals surface area contributed by atoms with E-state index in [9.17, 15) is 18.8 Å². The molecule has 3 rings (SSSR count). The molecule has 1 heterocycles. The highest BCUT2D eigenvalue weighted by atomic mass is 19.1. The predicted molar refractivity (Wildman–Crippen MR) is 105 cm³/mol. The van der Waals surface area contributed by atoms with Crippen LogP contribution in [0.2, 0.25) is 0 Å². The van der Waals surface area contributed by atoms with Gasteiger partial charge in [0, 0.05) is 19.2 Å². The van der Waals surface area contributed by atoms with Crippen molar-refractivity contribution in [2.45, 2.75) is 0 Å². The van der Waals surface area contributed by atoms with Crippen LogP contribution in [-0.4, -0.2) is 57.6 Å². The van der Waals surface area contributed by atoms with Crippen LogP contribution in [0.15, 0.2) is 42.5 Å². The summed E-state index contributed by atoms with van der Waals surface area (Å²) in [6.45, 7) is 0.00470. The number of hydrogen-bond acceptors (Lipinski definition) is 6. The number of carbonyl (C=O) groups excluding carboxylic acids is 3. The fourth-order valence-corrected chi connectivity index (χ4v) is 2.80. The van der Waals surface area contributed by atoms with Gasteiger partial charge < -0.3 is 19.5 Å². The zero-order valence-corrected chi connectivity index (χ0v) is 16.4. The van der Waals surface area contributed by atoms with Crippen molar-refractivity contribution in [3.63, 3.8) is 0 Å².